The minimum absolute atomic E-state index is 0.163. The lowest BCUT2D eigenvalue weighted by Gasteiger charge is -2.06. The van der Waals surface area contributed by atoms with Crippen molar-refractivity contribution in [2.75, 3.05) is 5.73 Å². The second-order valence-corrected chi connectivity index (χ2v) is 5.12. The van der Waals surface area contributed by atoms with Gasteiger partial charge in [0.25, 0.3) is 5.89 Å². The van der Waals surface area contributed by atoms with E-state index in [9.17, 15) is 0 Å². The van der Waals surface area contributed by atoms with Gasteiger partial charge in [-0.05, 0) is 24.3 Å². The molecule has 4 aromatic rings. The number of nitrogen functional groups attached to an aromatic ring is 1. The van der Waals surface area contributed by atoms with Crippen molar-refractivity contribution in [3.63, 3.8) is 0 Å². The van der Waals surface area contributed by atoms with Crippen molar-refractivity contribution in [2.45, 2.75) is 0 Å². The third-order valence-electron chi connectivity index (χ3n) is 3.55. The number of anilines is 1. The zero-order valence-corrected chi connectivity index (χ0v) is 12.9. The Morgan fingerprint density at radius 2 is 1.84 bits per heavy atom. The zero-order chi connectivity index (χ0) is 17.2. The van der Waals surface area contributed by atoms with E-state index >= 15 is 0 Å². The van der Waals surface area contributed by atoms with Gasteiger partial charge in [0.2, 0.25) is 5.89 Å². The number of nitrogens with two attached hydrogens (primary N) is 1. The number of aromatic nitrogens is 5. The highest BCUT2D eigenvalue weighted by Gasteiger charge is 2.17. The Morgan fingerprint density at radius 3 is 2.64 bits per heavy atom. The smallest absolute Gasteiger partial charge is 0.270 e. The van der Waals surface area contributed by atoms with E-state index in [-0.39, 0.29) is 17.4 Å². The van der Waals surface area contributed by atoms with E-state index in [0.29, 0.717) is 17.4 Å². The van der Waals surface area contributed by atoms with Gasteiger partial charge in [-0.1, -0.05) is 18.2 Å². The quantitative estimate of drug-likeness (QED) is 0.613. The second-order valence-electron chi connectivity index (χ2n) is 5.12. The normalized spacial score (nSPS) is 10.5. The first kappa shape index (κ1) is 14.6. The Balaban J connectivity index is 1.78. The maximum absolute atomic E-state index is 9.15. The molecule has 0 aliphatic heterocycles. The van der Waals surface area contributed by atoms with Gasteiger partial charge in [0.1, 0.15) is 11.8 Å². The van der Waals surface area contributed by atoms with Crippen LogP contribution in [0.15, 0.2) is 59.3 Å². The summed E-state index contributed by atoms with van der Waals surface area (Å²) >= 11 is 0. The summed E-state index contributed by atoms with van der Waals surface area (Å²) in [6.45, 7) is 0. The highest BCUT2D eigenvalue weighted by atomic mass is 16.4. The molecule has 0 bridgehead atoms. The van der Waals surface area contributed by atoms with Crippen LogP contribution in [0.2, 0.25) is 0 Å². The van der Waals surface area contributed by atoms with Crippen LogP contribution >= 0.6 is 0 Å². The molecule has 0 amide bonds. The Kier molecular flexibility index (Phi) is 3.44. The molecular formula is C17H11N7O. The number of benzene rings is 1. The highest BCUT2D eigenvalue weighted by molar-refractivity contribution is 5.64. The Hall–Kier alpha value is -3.99. The van der Waals surface area contributed by atoms with Crippen LogP contribution in [0.5, 0.6) is 0 Å². The van der Waals surface area contributed by atoms with Gasteiger partial charge in [-0.15, -0.1) is 10.2 Å². The molecule has 0 radical (unpaired) electrons. The maximum Gasteiger partial charge on any atom is 0.270 e. The van der Waals surface area contributed by atoms with Crippen LogP contribution in [0.1, 0.15) is 5.69 Å². The minimum Gasteiger partial charge on any atom is -0.414 e. The molecular weight excluding hydrogens is 318 g/mol. The predicted octanol–water partition coefficient (Wildman–Crippen LogP) is 2.44. The number of rotatable bonds is 3. The van der Waals surface area contributed by atoms with E-state index in [0.717, 1.165) is 5.56 Å². The predicted molar refractivity (Wildman–Crippen MR) is 89.2 cm³/mol. The molecule has 8 heteroatoms. The minimum atomic E-state index is 0.163. The van der Waals surface area contributed by atoms with Crippen molar-refractivity contribution in [1.29, 1.82) is 5.26 Å². The Labute approximate surface area is 142 Å². The summed E-state index contributed by atoms with van der Waals surface area (Å²) in [4.78, 5) is 8.55. The molecule has 25 heavy (non-hydrogen) atoms. The molecule has 2 N–H and O–H groups in total. The number of nitriles is 1. The van der Waals surface area contributed by atoms with Gasteiger partial charge in [-0.25, -0.2) is 9.97 Å². The molecule has 4 rings (SSSR count). The van der Waals surface area contributed by atoms with E-state index in [4.69, 9.17) is 15.4 Å². The van der Waals surface area contributed by atoms with Crippen LogP contribution < -0.4 is 5.73 Å². The lowest BCUT2D eigenvalue weighted by atomic mass is 10.2. The van der Waals surface area contributed by atoms with E-state index < -0.39 is 0 Å². The SMILES string of the molecule is N#Cc1cccn1-c1cnc(N)c(-c2nnc(-c3ccccc3)o2)n1. The lowest BCUT2D eigenvalue weighted by Crippen LogP contribution is -2.04. The zero-order valence-electron chi connectivity index (χ0n) is 12.9. The average Bonchev–Trinajstić information content (AvgIpc) is 3.32. The van der Waals surface area contributed by atoms with Gasteiger partial charge >= 0.3 is 0 Å². The van der Waals surface area contributed by atoms with Crippen molar-refractivity contribution in [1.82, 2.24) is 24.7 Å². The second kappa shape index (κ2) is 5.90. The van der Waals surface area contributed by atoms with Crippen molar-refractivity contribution < 1.29 is 4.42 Å². The molecule has 0 aliphatic carbocycles. The summed E-state index contributed by atoms with van der Waals surface area (Å²) < 4.78 is 7.29. The number of nitrogens with zero attached hydrogens (tertiary/aromatic N) is 6. The van der Waals surface area contributed by atoms with Crippen molar-refractivity contribution in [3.05, 3.63) is 60.6 Å². The van der Waals surface area contributed by atoms with Crippen LogP contribution in [0, 0.1) is 11.3 Å². The third-order valence-corrected chi connectivity index (χ3v) is 3.55. The van der Waals surface area contributed by atoms with Gasteiger partial charge in [-0.2, -0.15) is 5.26 Å². The fourth-order valence-corrected chi connectivity index (χ4v) is 2.35. The molecule has 0 saturated heterocycles. The van der Waals surface area contributed by atoms with Crippen molar-refractivity contribution >= 4 is 5.82 Å². The highest BCUT2D eigenvalue weighted by Crippen LogP contribution is 2.26. The summed E-state index contributed by atoms with van der Waals surface area (Å²) in [5, 5.41) is 17.2. The Bertz CT molecular complexity index is 1080. The van der Waals surface area contributed by atoms with Crippen molar-refractivity contribution in [2.24, 2.45) is 0 Å². The summed E-state index contributed by atoms with van der Waals surface area (Å²) in [5.74, 6) is 1.13. The molecule has 3 aromatic heterocycles. The van der Waals surface area contributed by atoms with Gasteiger partial charge in [-0.3, -0.25) is 4.57 Å². The van der Waals surface area contributed by atoms with Crippen LogP contribution in [0.25, 0.3) is 28.9 Å². The van der Waals surface area contributed by atoms with Gasteiger partial charge in [0.05, 0.1) is 6.20 Å². The molecule has 1 aromatic carbocycles. The summed E-state index contributed by atoms with van der Waals surface area (Å²) in [7, 11) is 0. The molecule has 3 heterocycles. The first-order valence-electron chi connectivity index (χ1n) is 7.36. The Morgan fingerprint density at radius 1 is 1.04 bits per heavy atom. The molecule has 0 fully saturated rings. The fraction of sp³-hybridized carbons (Fsp3) is 0. The largest absolute Gasteiger partial charge is 0.414 e. The molecule has 120 valence electrons. The molecule has 0 atom stereocenters. The van der Waals surface area contributed by atoms with E-state index in [1.807, 2.05) is 30.3 Å². The van der Waals surface area contributed by atoms with Crippen molar-refractivity contribution in [3.8, 4) is 34.9 Å². The van der Waals surface area contributed by atoms with Crippen LogP contribution in [-0.4, -0.2) is 24.7 Å². The maximum atomic E-state index is 9.15. The summed E-state index contributed by atoms with van der Waals surface area (Å²) in [6.07, 6.45) is 3.19. The monoisotopic (exact) mass is 329 g/mol. The van der Waals surface area contributed by atoms with Crippen LogP contribution in [0.3, 0.4) is 0 Å². The standard InChI is InChI=1S/C17H11N7O/c18-9-12-7-4-8-24(12)13-10-20-15(19)14(21-13)17-23-22-16(25-17)11-5-2-1-3-6-11/h1-8,10H,(H2,19,20). The molecule has 0 unspecified atom stereocenters. The van der Waals surface area contributed by atoms with Crippen LogP contribution in [-0.2, 0) is 0 Å². The fourth-order valence-electron chi connectivity index (χ4n) is 2.35. The van der Waals surface area contributed by atoms with E-state index in [1.54, 1.807) is 22.9 Å². The third kappa shape index (κ3) is 2.60. The summed E-state index contributed by atoms with van der Waals surface area (Å²) in [6, 6.07) is 14.9. The first-order valence-corrected chi connectivity index (χ1v) is 7.36. The van der Waals surface area contributed by atoms with Crippen LogP contribution in [0.4, 0.5) is 5.82 Å². The molecule has 0 saturated carbocycles. The number of hydrogen-bond donors (Lipinski definition) is 1. The first-order chi connectivity index (χ1) is 12.3. The van der Waals surface area contributed by atoms with E-state index in [1.165, 1.54) is 6.20 Å². The topological polar surface area (TPSA) is 119 Å². The summed E-state index contributed by atoms with van der Waals surface area (Å²) in [5.41, 5.74) is 7.41. The van der Waals surface area contributed by atoms with Gasteiger partial charge in [0, 0.05) is 11.8 Å². The molecule has 0 aliphatic rings. The van der Waals surface area contributed by atoms with Gasteiger partial charge < -0.3 is 10.2 Å². The molecule has 0 spiro atoms. The number of hydrogen-bond acceptors (Lipinski definition) is 7. The van der Waals surface area contributed by atoms with Gasteiger partial charge in [0.15, 0.2) is 17.3 Å². The molecule has 8 nitrogen and oxygen atoms in total. The van der Waals surface area contributed by atoms with E-state index in [2.05, 4.69) is 26.2 Å². The average molecular weight is 329 g/mol. The lowest BCUT2D eigenvalue weighted by molar-refractivity contribution is 0.582.